The first-order valence-electron chi connectivity index (χ1n) is 9.14. The van der Waals surface area contributed by atoms with Gasteiger partial charge in [-0.3, -0.25) is 0 Å². The summed E-state index contributed by atoms with van der Waals surface area (Å²) in [4.78, 5) is 0. The van der Waals surface area contributed by atoms with Gasteiger partial charge >= 0.3 is 0 Å². The monoisotopic (exact) mass is 334 g/mol. The van der Waals surface area contributed by atoms with Crippen LogP contribution in [0.25, 0.3) is 43.8 Å². The van der Waals surface area contributed by atoms with E-state index in [2.05, 4.69) is 80.6 Å². The molecule has 0 fully saturated rings. The van der Waals surface area contributed by atoms with Gasteiger partial charge in [-0.25, -0.2) is 0 Å². The van der Waals surface area contributed by atoms with Crippen LogP contribution < -0.4 is 0 Å². The van der Waals surface area contributed by atoms with E-state index in [0.717, 1.165) is 11.2 Å². The van der Waals surface area contributed by atoms with Crippen LogP contribution in [0.3, 0.4) is 0 Å². The Morgan fingerprint density at radius 2 is 1.35 bits per heavy atom. The summed E-state index contributed by atoms with van der Waals surface area (Å²) in [5.41, 5.74) is 7.46. The molecule has 0 aliphatic heterocycles. The molecule has 5 aromatic rings. The van der Waals surface area contributed by atoms with Gasteiger partial charge in [0, 0.05) is 21.6 Å². The Hall–Kier alpha value is -3.06. The average molecular weight is 334 g/mol. The Labute approximate surface area is 151 Å². The fourth-order valence-corrected chi connectivity index (χ4v) is 4.94. The largest absolute Gasteiger partial charge is 0.455 e. The first-order chi connectivity index (χ1) is 12.7. The van der Waals surface area contributed by atoms with Gasteiger partial charge in [0.05, 0.1) is 0 Å². The van der Waals surface area contributed by atoms with Gasteiger partial charge in [-0.05, 0) is 33.7 Å². The first-order valence-corrected chi connectivity index (χ1v) is 9.14. The summed E-state index contributed by atoms with van der Waals surface area (Å²) in [7, 11) is 0. The minimum atomic E-state index is -0.0297. The predicted molar refractivity (Wildman–Crippen MR) is 109 cm³/mol. The van der Waals surface area contributed by atoms with Crippen molar-refractivity contribution in [1.82, 2.24) is 0 Å². The van der Waals surface area contributed by atoms with E-state index in [1.807, 2.05) is 6.07 Å². The third-order valence-electron chi connectivity index (χ3n) is 6.03. The van der Waals surface area contributed by atoms with Crippen LogP contribution in [-0.2, 0) is 5.41 Å². The summed E-state index contributed by atoms with van der Waals surface area (Å²) in [5, 5.41) is 4.97. The van der Waals surface area contributed by atoms with Crippen molar-refractivity contribution in [2.75, 3.05) is 0 Å². The number of rotatable bonds is 0. The summed E-state index contributed by atoms with van der Waals surface area (Å²) < 4.78 is 6.37. The molecule has 0 spiro atoms. The molecule has 1 aliphatic carbocycles. The fraction of sp³-hybridized carbons (Fsp3) is 0.120. The second-order valence-corrected chi connectivity index (χ2v) is 7.77. The molecular formula is C25H18O. The molecule has 0 atom stereocenters. The lowest BCUT2D eigenvalue weighted by Gasteiger charge is -2.23. The van der Waals surface area contributed by atoms with Crippen LogP contribution in [0, 0.1) is 0 Å². The zero-order valence-corrected chi connectivity index (χ0v) is 14.8. The molecule has 1 aromatic heterocycles. The molecular weight excluding hydrogens is 316 g/mol. The summed E-state index contributed by atoms with van der Waals surface area (Å²) in [6, 6.07) is 25.9. The Bertz CT molecular complexity index is 1350. The van der Waals surface area contributed by atoms with Crippen LogP contribution in [0.15, 0.2) is 77.2 Å². The quantitative estimate of drug-likeness (QED) is 0.296. The second-order valence-electron chi connectivity index (χ2n) is 7.77. The maximum absolute atomic E-state index is 6.37. The summed E-state index contributed by atoms with van der Waals surface area (Å²) in [5.74, 6) is 0. The van der Waals surface area contributed by atoms with E-state index < -0.39 is 0 Å². The van der Waals surface area contributed by atoms with Crippen molar-refractivity contribution < 1.29 is 4.42 Å². The molecule has 1 aliphatic rings. The molecule has 0 radical (unpaired) electrons. The summed E-state index contributed by atoms with van der Waals surface area (Å²) in [6.07, 6.45) is 0. The van der Waals surface area contributed by atoms with E-state index in [1.165, 1.54) is 43.8 Å². The van der Waals surface area contributed by atoms with E-state index in [1.54, 1.807) is 0 Å². The Morgan fingerprint density at radius 1 is 0.692 bits per heavy atom. The van der Waals surface area contributed by atoms with Crippen LogP contribution in [0.2, 0.25) is 0 Å². The number of hydrogen-bond donors (Lipinski definition) is 0. The minimum absolute atomic E-state index is 0.0297. The Balaban J connectivity index is 2.00. The van der Waals surface area contributed by atoms with Gasteiger partial charge in [0.15, 0.2) is 0 Å². The zero-order valence-electron chi connectivity index (χ0n) is 14.8. The van der Waals surface area contributed by atoms with Gasteiger partial charge in [-0.15, -0.1) is 0 Å². The minimum Gasteiger partial charge on any atom is -0.455 e. The van der Waals surface area contributed by atoms with Crippen molar-refractivity contribution in [3.05, 3.63) is 83.9 Å². The van der Waals surface area contributed by atoms with Gasteiger partial charge in [0.2, 0.25) is 0 Å². The third kappa shape index (κ3) is 1.52. The molecule has 0 bridgehead atoms. The lowest BCUT2D eigenvalue weighted by molar-refractivity contribution is 0.664. The Morgan fingerprint density at radius 3 is 2.19 bits per heavy atom. The van der Waals surface area contributed by atoms with E-state index in [9.17, 15) is 0 Å². The van der Waals surface area contributed by atoms with E-state index in [-0.39, 0.29) is 5.41 Å². The molecule has 1 heteroatoms. The van der Waals surface area contributed by atoms with Crippen LogP contribution >= 0.6 is 0 Å². The van der Waals surface area contributed by atoms with Gasteiger partial charge in [-0.2, -0.15) is 0 Å². The van der Waals surface area contributed by atoms with Crippen LogP contribution in [0.4, 0.5) is 0 Å². The molecule has 0 saturated carbocycles. The highest BCUT2D eigenvalue weighted by molar-refractivity contribution is 6.24. The van der Waals surface area contributed by atoms with Crippen molar-refractivity contribution in [3.63, 3.8) is 0 Å². The molecule has 26 heavy (non-hydrogen) atoms. The van der Waals surface area contributed by atoms with Crippen LogP contribution in [-0.4, -0.2) is 0 Å². The van der Waals surface area contributed by atoms with Crippen LogP contribution in [0.1, 0.15) is 25.0 Å². The van der Waals surface area contributed by atoms with Gasteiger partial charge in [-0.1, -0.05) is 80.6 Å². The van der Waals surface area contributed by atoms with E-state index in [0.29, 0.717) is 0 Å². The first kappa shape index (κ1) is 14.1. The summed E-state index contributed by atoms with van der Waals surface area (Å²) >= 11 is 0. The molecule has 0 N–H and O–H groups in total. The lowest BCUT2D eigenvalue weighted by Crippen LogP contribution is -2.15. The van der Waals surface area contributed by atoms with E-state index in [4.69, 9.17) is 4.42 Å². The molecule has 6 rings (SSSR count). The van der Waals surface area contributed by atoms with Crippen molar-refractivity contribution >= 4 is 32.7 Å². The van der Waals surface area contributed by atoms with Crippen molar-refractivity contribution in [3.8, 4) is 11.1 Å². The predicted octanol–water partition coefficient (Wildman–Crippen LogP) is 7.05. The number of hydrogen-bond acceptors (Lipinski definition) is 1. The number of benzene rings is 4. The van der Waals surface area contributed by atoms with Crippen molar-refractivity contribution in [1.29, 1.82) is 0 Å². The lowest BCUT2D eigenvalue weighted by atomic mass is 9.79. The van der Waals surface area contributed by atoms with Gasteiger partial charge < -0.3 is 4.42 Å². The van der Waals surface area contributed by atoms with Gasteiger partial charge in [0.1, 0.15) is 11.2 Å². The highest BCUT2D eigenvalue weighted by atomic mass is 16.3. The molecule has 0 unspecified atom stereocenters. The maximum Gasteiger partial charge on any atom is 0.143 e. The average Bonchev–Trinajstić information content (AvgIpc) is 3.16. The number of furan rings is 1. The molecule has 1 heterocycles. The highest BCUT2D eigenvalue weighted by Gasteiger charge is 2.39. The normalized spacial score (nSPS) is 14.8. The maximum atomic E-state index is 6.37. The molecule has 0 amide bonds. The smallest absolute Gasteiger partial charge is 0.143 e. The fourth-order valence-electron chi connectivity index (χ4n) is 4.94. The van der Waals surface area contributed by atoms with Crippen molar-refractivity contribution in [2.45, 2.75) is 19.3 Å². The standard InChI is InChI=1S/C25H18O/c1-25(2)19-13-7-5-11-17(19)21-22-18-12-6-8-14-20(18)26-24(22)16-10-4-3-9-15(16)23(21)25/h3-14H,1-2H3. The van der Waals surface area contributed by atoms with E-state index >= 15 is 0 Å². The number of fused-ring (bicyclic) bond motifs is 10. The summed E-state index contributed by atoms with van der Waals surface area (Å²) in [6.45, 7) is 4.69. The topological polar surface area (TPSA) is 13.1 Å². The highest BCUT2D eigenvalue weighted by Crippen LogP contribution is 2.55. The number of para-hydroxylation sites is 1. The SMILES string of the molecule is CC1(C)c2ccccc2-c2c1c1ccccc1c1oc3ccccc3c21. The van der Waals surface area contributed by atoms with Crippen LogP contribution in [0.5, 0.6) is 0 Å². The third-order valence-corrected chi connectivity index (χ3v) is 6.03. The molecule has 1 nitrogen and oxygen atoms in total. The molecule has 124 valence electrons. The molecule has 4 aromatic carbocycles. The Kier molecular flexibility index (Phi) is 2.48. The zero-order chi connectivity index (χ0) is 17.5. The van der Waals surface area contributed by atoms with Gasteiger partial charge in [0.25, 0.3) is 0 Å². The van der Waals surface area contributed by atoms with Crippen molar-refractivity contribution in [2.24, 2.45) is 0 Å². The second kappa shape index (κ2) is 4.56. The molecule has 0 saturated heterocycles.